The number of aromatic nitrogens is 2. The Morgan fingerprint density at radius 2 is 1.92 bits per heavy atom. The van der Waals surface area contributed by atoms with Crippen LogP contribution in [0.4, 0.5) is 22.7 Å². The molecule has 2 N–H and O–H groups in total. The molecule has 0 bridgehead atoms. The van der Waals surface area contributed by atoms with Crippen LogP contribution in [0.15, 0.2) is 65.7 Å². The van der Waals surface area contributed by atoms with Gasteiger partial charge in [0.2, 0.25) is 5.88 Å². The summed E-state index contributed by atoms with van der Waals surface area (Å²) >= 11 is 0. The summed E-state index contributed by atoms with van der Waals surface area (Å²) in [4.78, 5) is 31.2. The zero-order valence-electron chi connectivity index (χ0n) is 28.8. The van der Waals surface area contributed by atoms with Gasteiger partial charge in [-0.3, -0.25) is 14.9 Å². The number of carbonyl (C=O) groups excluding carboxylic acids is 1. The predicted molar refractivity (Wildman–Crippen MR) is 194 cm³/mol. The molecule has 51 heavy (non-hydrogen) atoms. The van der Waals surface area contributed by atoms with E-state index in [-0.39, 0.29) is 23.9 Å². The Kier molecular flexibility index (Phi) is 10.9. The van der Waals surface area contributed by atoms with Gasteiger partial charge in [-0.25, -0.2) is 13.1 Å². The molecule has 1 saturated heterocycles. The molecule has 4 heterocycles. The van der Waals surface area contributed by atoms with Gasteiger partial charge in [0.25, 0.3) is 21.6 Å². The molecule has 15 nitrogen and oxygen atoms in total. The number of nitrogens with one attached hydrogen (secondary N) is 2. The number of nitro benzene ring substituents is 1. The maximum Gasteiger partial charge on any atom is 0.293 e. The maximum atomic E-state index is 13.7. The van der Waals surface area contributed by atoms with E-state index in [4.69, 9.17) is 23.9 Å². The van der Waals surface area contributed by atoms with E-state index in [0.717, 1.165) is 17.5 Å². The fourth-order valence-electron chi connectivity index (χ4n) is 5.79. The SMILES string of the molecule is C[Si](C)(C)CCOCn1ccc2cc3c(nc21)OCCCN3c1ccccc1C(=O)NS(=O)(=O)c1ccc(NC[C@H]2COCCO2)c([N+](=O)[O-])c1. The van der Waals surface area contributed by atoms with Crippen LogP contribution < -0.4 is 19.7 Å². The van der Waals surface area contributed by atoms with Gasteiger partial charge in [-0.05, 0) is 48.9 Å². The van der Waals surface area contributed by atoms with Crippen molar-refractivity contribution < 1.29 is 37.1 Å². The number of pyridine rings is 1. The van der Waals surface area contributed by atoms with Crippen LogP contribution in [0.25, 0.3) is 11.0 Å². The molecule has 2 aliphatic rings. The molecule has 1 fully saturated rings. The Bertz CT molecular complexity index is 2010. The van der Waals surface area contributed by atoms with Crippen LogP contribution in [0, 0.1) is 10.1 Å². The van der Waals surface area contributed by atoms with E-state index >= 15 is 0 Å². The number of nitrogens with zero attached hydrogens (tertiary/aromatic N) is 4. The third kappa shape index (κ3) is 8.67. The number of hydrogen-bond donors (Lipinski definition) is 2. The summed E-state index contributed by atoms with van der Waals surface area (Å²) in [5.74, 6) is -0.513. The molecule has 272 valence electrons. The van der Waals surface area contributed by atoms with Crippen molar-refractivity contribution in [3.05, 3.63) is 76.5 Å². The Balaban J connectivity index is 1.23. The number of carbonyl (C=O) groups is 1. The lowest BCUT2D eigenvalue weighted by Crippen LogP contribution is -2.34. The van der Waals surface area contributed by atoms with Crippen LogP contribution in [0.1, 0.15) is 16.8 Å². The Hall–Kier alpha value is -4.55. The number of anilines is 3. The standard InChI is InChI=1S/C34H42N6O9SSi/c1-51(2,3)18-17-47-23-38-13-11-24-19-31-34(36-32(24)38)49-14-6-12-39(31)29-8-5-4-7-27(29)33(41)37-50(44,45)26-9-10-28(30(20-26)40(42)43)35-21-25-22-46-15-16-48-25/h4-5,7-11,13,19-20,25,35H,6,12,14-18,21-23H2,1-3H3,(H,37,41)/t25-/m0/s1. The number of sulfonamides is 1. The molecular formula is C34H42N6O9SSi. The number of rotatable bonds is 13. The number of fused-ring (bicyclic) bond motifs is 2. The summed E-state index contributed by atoms with van der Waals surface area (Å²) < 4.78 is 53.9. The highest BCUT2D eigenvalue weighted by Crippen LogP contribution is 2.39. The molecule has 17 heteroatoms. The second kappa shape index (κ2) is 15.4. The molecule has 0 spiro atoms. The van der Waals surface area contributed by atoms with Crippen molar-refractivity contribution in [2.75, 3.05) is 56.3 Å². The summed E-state index contributed by atoms with van der Waals surface area (Å²) in [6.45, 7) is 10.3. The highest BCUT2D eigenvalue weighted by molar-refractivity contribution is 7.90. The Labute approximate surface area is 297 Å². The first-order valence-electron chi connectivity index (χ1n) is 16.8. The van der Waals surface area contributed by atoms with E-state index in [0.29, 0.717) is 75.6 Å². The minimum atomic E-state index is -4.52. The summed E-state index contributed by atoms with van der Waals surface area (Å²) in [7, 11) is -5.75. The van der Waals surface area contributed by atoms with Gasteiger partial charge >= 0.3 is 0 Å². The van der Waals surface area contributed by atoms with Gasteiger partial charge in [-0.2, -0.15) is 4.98 Å². The van der Waals surface area contributed by atoms with Crippen molar-refractivity contribution in [2.45, 2.75) is 49.8 Å². The number of benzene rings is 2. The van der Waals surface area contributed by atoms with Gasteiger partial charge in [0.15, 0.2) is 0 Å². The van der Waals surface area contributed by atoms with E-state index < -0.39 is 39.5 Å². The van der Waals surface area contributed by atoms with Crippen LogP contribution in [0.5, 0.6) is 5.88 Å². The second-order valence-electron chi connectivity index (χ2n) is 13.5. The Morgan fingerprint density at radius 1 is 1.10 bits per heavy atom. The lowest BCUT2D eigenvalue weighted by Gasteiger charge is -2.26. The van der Waals surface area contributed by atoms with Crippen molar-refractivity contribution in [2.24, 2.45) is 0 Å². The third-order valence-corrected chi connectivity index (χ3v) is 11.5. The minimum absolute atomic E-state index is 0.0879. The molecule has 0 aliphatic carbocycles. The van der Waals surface area contributed by atoms with Crippen LogP contribution in [-0.4, -0.2) is 89.1 Å². The fourth-order valence-corrected chi connectivity index (χ4v) is 7.53. The third-order valence-electron chi connectivity index (χ3n) is 8.51. The van der Waals surface area contributed by atoms with E-state index in [2.05, 4.69) is 29.7 Å². The summed E-state index contributed by atoms with van der Waals surface area (Å²) in [6.07, 6.45) is 2.21. The van der Waals surface area contributed by atoms with Crippen molar-refractivity contribution in [1.29, 1.82) is 0 Å². The number of hydrogen-bond acceptors (Lipinski definition) is 12. The highest BCUT2D eigenvalue weighted by Gasteiger charge is 2.29. The topological polar surface area (TPSA) is 176 Å². The average molecular weight is 739 g/mol. The van der Waals surface area contributed by atoms with Crippen LogP contribution in [-0.2, 0) is 31.0 Å². The number of amides is 1. The van der Waals surface area contributed by atoms with Crippen molar-refractivity contribution in [3.63, 3.8) is 0 Å². The van der Waals surface area contributed by atoms with Gasteiger partial charge in [0, 0.05) is 45.4 Å². The first-order chi connectivity index (χ1) is 24.4. The molecule has 2 aromatic heterocycles. The van der Waals surface area contributed by atoms with E-state index in [1.165, 1.54) is 18.2 Å². The molecular weight excluding hydrogens is 697 g/mol. The lowest BCUT2D eigenvalue weighted by molar-refractivity contribution is -0.384. The minimum Gasteiger partial charge on any atom is -0.476 e. The molecule has 1 atom stereocenters. The van der Waals surface area contributed by atoms with Crippen molar-refractivity contribution in [1.82, 2.24) is 14.3 Å². The van der Waals surface area contributed by atoms with Gasteiger partial charge in [0.1, 0.15) is 23.8 Å². The predicted octanol–water partition coefficient (Wildman–Crippen LogP) is 5.12. The zero-order chi connectivity index (χ0) is 36.2. The van der Waals surface area contributed by atoms with Gasteiger partial charge in [-0.15, -0.1) is 0 Å². The average Bonchev–Trinajstić information content (AvgIpc) is 3.37. The van der Waals surface area contributed by atoms with Crippen molar-refractivity contribution in [3.8, 4) is 5.88 Å². The Morgan fingerprint density at radius 3 is 2.69 bits per heavy atom. The quantitative estimate of drug-likeness (QED) is 0.0802. The molecule has 0 radical (unpaired) electrons. The van der Waals surface area contributed by atoms with Gasteiger partial charge < -0.3 is 33.7 Å². The first kappa shape index (κ1) is 36.2. The van der Waals surface area contributed by atoms with Gasteiger partial charge in [0.05, 0.1) is 53.6 Å². The summed E-state index contributed by atoms with van der Waals surface area (Å²) in [5.41, 5.74) is 1.52. The van der Waals surface area contributed by atoms with Crippen LogP contribution in [0.2, 0.25) is 25.7 Å². The number of para-hydroxylation sites is 1. The maximum absolute atomic E-state index is 13.7. The number of nitro groups is 1. The fraction of sp³-hybridized carbons (Fsp3) is 0.412. The molecule has 4 aromatic rings. The van der Waals surface area contributed by atoms with E-state index in [1.807, 2.05) is 27.8 Å². The lowest BCUT2D eigenvalue weighted by atomic mass is 10.1. The molecule has 6 rings (SSSR count). The van der Waals surface area contributed by atoms with E-state index in [1.54, 1.807) is 18.2 Å². The van der Waals surface area contributed by atoms with Crippen molar-refractivity contribution >= 4 is 57.8 Å². The number of ether oxygens (including phenoxy) is 4. The summed E-state index contributed by atoms with van der Waals surface area (Å²) in [6, 6.07) is 15.0. The monoisotopic (exact) mass is 738 g/mol. The van der Waals surface area contributed by atoms with Crippen LogP contribution in [0.3, 0.4) is 0 Å². The molecule has 0 unspecified atom stereocenters. The highest BCUT2D eigenvalue weighted by atomic mass is 32.2. The first-order valence-corrected chi connectivity index (χ1v) is 21.9. The smallest absolute Gasteiger partial charge is 0.293 e. The molecule has 2 aliphatic heterocycles. The summed E-state index contributed by atoms with van der Waals surface area (Å²) in [5, 5.41) is 15.7. The second-order valence-corrected chi connectivity index (χ2v) is 20.9. The largest absolute Gasteiger partial charge is 0.476 e. The molecule has 2 aromatic carbocycles. The molecule has 0 saturated carbocycles. The van der Waals surface area contributed by atoms with E-state index in [9.17, 15) is 23.3 Å². The van der Waals surface area contributed by atoms with Gasteiger partial charge in [-0.1, -0.05) is 31.8 Å². The normalized spacial score (nSPS) is 16.6. The molecule has 1 amide bonds. The zero-order valence-corrected chi connectivity index (χ0v) is 30.6. The van der Waals surface area contributed by atoms with Crippen LogP contribution >= 0.6 is 0 Å².